The quantitative estimate of drug-likeness (QED) is 0.363. The largest absolute Gasteiger partial charge is 0.369 e. The van der Waals surface area contributed by atoms with Crippen molar-refractivity contribution >= 4 is 49.5 Å². The van der Waals surface area contributed by atoms with Crippen molar-refractivity contribution in [3.63, 3.8) is 0 Å². The summed E-state index contributed by atoms with van der Waals surface area (Å²) in [7, 11) is 2.19. The number of thiazole rings is 1. The van der Waals surface area contributed by atoms with E-state index >= 15 is 0 Å². The molecule has 2 aromatic heterocycles. The molecule has 6 rings (SSSR count). The molecule has 0 unspecified atom stereocenters. The van der Waals surface area contributed by atoms with E-state index in [1.165, 1.54) is 21.5 Å². The Bertz CT molecular complexity index is 1420. The van der Waals surface area contributed by atoms with Crippen molar-refractivity contribution in [1.29, 1.82) is 0 Å². The smallest absolute Gasteiger partial charge is 0.0832 e. The van der Waals surface area contributed by atoms with Crippen LogP contribution in [0.4, 0.5) is 17.1 Å². The summed E-state index contributed by atoms with van der Waals surface area (Å²) in [4.78, 5) is 13.9. The van der Waals surface area contributed by atoms with Crippen LogP contribution in [0.25, 0.3) is 32.2 Å². The van der Waals surface area contributed by atoms with Crippen LogP contribution in [-0.2, 0) is 0 Å². The zero-order valence-corrected chi connectivity index (χ0v) is 19.3. The van der Waals surface area contributed by atoms with Crippen molar-refractivity contribution in [2.45, 2.75) is 0 Å². The van der Waals surface area contributed by atoms with Gasteiger partial charge in [0.1, 0.15) is 0 Å². The van der Waals surface area contributed by atoms with Gasteiger partial charge in [-0.1, -0.05) is 18.2 Å². The van der Waals surface area contributed by atoms with Gasteiger partial charge in [-0.25, -0.2) is 4.98 Å². The van der Waals surface area contributed by atoms with E-state index in [0.717, 1.165) is 54.0 Å². The molecule has 3 heterocycles. The molecule has 3 aromatic carbocycles. The third-order valence-corrected chi connectivity index (χ3v) is 7.23. The topological polar surface area (TPSA) is 44.3 Å². The number of nitrogens with zero attached hydrogens (tertiary/aromatic N) is 4. The number of aromatic nitrogens is 2. The predicted molar refractivity (Wildman–Crippen MR) is 140 cm³/mol. The van der Waals surface area contributed by atoms with E-state index in [-0.39, 0.29) is 0 Å². The summed E-state index contributed by atoms with van der Waals surface area (Å²) in [6, 6.07) is 23.8. The molecule has 6 heteroatoms. The standard InChI is InChI=1S/C27H25N5S/c1-31-12-14-32(15-13-31)22-6-2-19(3-7-22)20-4-8-24-23(16-20)25(10-11-28-24)30-21-5-9-27-26(17-21)29-18-33-27/h2-11,16-18H,12-15H2,1H3,(H,28,30). The summed E-state index contributed by atoms with van der Waals surface area (Å²) in [5, 5.41) is 4.69. The SMILES string of the molecule is CN1CCN(c2ccc(-c3ccc4nccc(Nc5ccc6scnc6c5)c4c3)cc2)CC1. The van der Waals surface area contributed by atoms with Gasteiger partial charge in [-0.15, -0.1) is 11.3 Å². The molecule has 164 valence electrons. The van der Waals surface area contributed by atoms with Gasteiger partial charge in [0.25, 0.3) is 0 Å². The van der Waals surface area contributed by atoms with Gasteiger partial charge in [0, 0.05) is 54.8 Å². The Kier molecular flexibility index (Phi) is 5.17. The Hall–Kier alpha value is -3.48. The van der Waals surface area contributed by atoms with Crippen molar-refractivity contribution in [1.82, 2.24) is 14.9 Å². The fourth-order valence-corrected chi connectivity index (χ4v) is 5.11. The first-order chi connectivity index (χ1) is 16.2. The van der Waals surface area contributed by atoms with Gasteiger partial charge in [0.05, 0.1) is 21.2 Å². The Morgan fingerprint density at radius 1 is 0.788 bits per heavy atom. The number of hydrogen-bond acceptors (Lipinski definition) is 6. The molecule has 33 heavy (non-hydrogen) atoms. The lowest BCUT2D eigenvalue weighted by atomic mass is 10.0. The van der Waals surface area contributed by atoms with Gasteiger partial charge in [-0.2, -0.15) is 0 Å². The zero-order valence-electron chi connectivity index (χ0n) is 18.5. The van der Waals surface area contributed by atoms with Crippen molar-refractivity contribution < 1.29 is 0 Å². The molecule has 5 aromatic rings. The highest BCUT2D eigenvalue weighted by Gasteiger charge is 2.14. The van der Waals surface area contributed by atoms with Crippen LogP contribution in [0.2, 0.25) is 0 Å². The molecule has 0 saturated carbocycles. The molecule has 1 N–H and O–H groups in total. The molecule has 1 saturated heterocycles. The predicted octanol–water partition coefficient (Wildman–Crippen LogP) is 6.01. The lowest BCUT2D eigenvalue weighted by Gasteiger charge is -2.34. The molecule has 0 spiro atoms. The molecule has 1 aliphatic heterocycles. The number of piperazine rings is 1. The molecule has 0 radical (unpaired) electrons. The minimum atomic E-state index is 0.979. The third-order valence-electron chi connectivity index (χ3n) is 6.42. The van der Waals surface area contributed by atoms with Gasteiger partial charge in [0.2, 0.25) is 0 Å². The van der Waals surface area contributed by atoms with Crippen LogP contribution in [0, 0.1) is 0 Å². The van der Waals surface area contributed by atoms with Crippen LogP contribution in [-0.4, -0.2) is 48.1 Å². The van der Waals surface area contributed by atoms with E-state index in [4.69, 9.17) is 0 Å². The van der Waals surface area contributed by atoms with E-state index in [9.17, 15) is 0 Å². The number of rotatable bonds is 4. The van der Waals surface area contributed by atoms with Gasteiger partial charge >= 0.3 is 0 Å². The van der Waals surface area contributed by atoms with Crippen LogP contribution in [0.5, 0.6) is 0 Å². The Morgan fingerprint density at radius 2 is 1.61 bits per heavy atom. The van der Waals surface area contributed by atoms with E-state index in [1.807, 2.05) is 17.8 Å². The average molecular weight is 452 g/mol. The Morgan fingerprint density at radius 3 is 2.45 bits per heavy atom. The van der Waals surface area contributed by atoms with Gasteiger partial charge in [-0.05, 0) is 66.7 Å². The van der Waals surface area contributed by atoms with Crippen molar-refractivity contribution in [3.8, 4) is 11.1 Å². The van der Waals surface area contributed by atoms with Crippen LogP contribution in [0.1, 0.15) is 0 Å². The van der Waals surface area contributed by atoms with Crippen LogP contribution < -0.4 is 10.2 Å². The molecular formula is C27H25N5S. The average Bonchev–Trinajstić information content (AvgIpc) is 3.33. The second kappa shape index (κ2) is 8.46. The fraction of sp³-hybridized carbons (Fsp3) is 0.185. The minimum absolute atomic E-state index is 0.979. The summed E-state index contributed by atoms with van der Waals surface area (Å²) in [6.07, 6.45) is 1.86. The summed E-state index contributed by atoms with van der Waals surface area (Å²) in [5.74, 6) is 0. The Labute approximate surface area is 197 Å². The van der Waals surface area contributed by atoms with E-state index < -0.39 is 0 Å². The first-order valence-corrected chi connectivity index (χ1v) is 12.1. The second-order valence-corrected chi connectivity index (χ2v) is 9.47. The molecule has 1 aliphatic rings. The second-order valence-electron chi connectivity index (χ2n) is 8.59. The normalized spacial score (nSPS) is 14.8. The lowest BCUT2D eigenvalue weighted by molar-refractivity contribution is 0.313. The zero-order chi connectivity index (χ0) is 22.2. The molecule has 0 amide bonds. The summed E-state index contributed by atoms with van der Waals surface area (Å²) in [5.41, 5.74) is 9.67. The van der Waals surface area contributed by atoms with E-state index in [0.29, 0.717) is 0 Å². The highest BCUT2D eigenvalue weighted by atomic mass is 32.1. The molecule has 1 fully saturated rings. The summed E-state index contributed by atoms with van der Waals surface area (Å²) < 4.78 is 1.20. The van der Waals surface area contributed by atoms with E-state index in [2.05, 4.69) is 92.8 Å². The first-order valence-electron chi connectivity index (χ1n) is 11.3. The van der Waals surface area contributed by atoms with Crippen LogP contribution in [0.3, 0.4) is 0 Å². The number of benzene rings is 3. The number of anilines is 3. The number of nitrogens with one attached hydrogen (secondary N) is 1. The van der Waals surface area contributed by atoms with Crippen LogP contribution in [0.15, 0.2) is 78.4 Å². The first kappa shape index (κ1) is 20.1. The van der Waals surface area contributed by atoms with Crippen molar-refractivity contribution in [3.05, 3.63) is 78.4 Å². The molecule has 0 atom stereocenters. The molecule has 0 bridgehead atoms. The van der Waals surface area contributed by atoms with E-state index in [1.54, 1.807) is 11.3 Å². The fourth-order valence-electron chi connectivity index (χ4n) is 4.46. The molecular weight excluding hydrogens is 426 g/mol. The number of fused-ring (bicyclic) bond motifs is 2. The number of likely N-dealkylation sites (N-methyl/N-ethyl adjacent to an activating group) is 1. The van der Waals surface area contributed by atoms with Crippen molar-refractivity contribution in [2.24, 2.45) is 0 Å². The monoisotopic (exact) mass is 451 g/mol. The Balaban J connectivity index is 1.30. The van der Waals surface area contributed by atoms with Gasteiger partial charge in [0.15, 0.2) is 0 Å². The third kappa shape index (κ3) is 4.03. The van der Waals surface area contributed by atoms with Gasteiger partial charge < -0.3 is 15.1 Å². The van der Waals surface area contributed by atoms with Crippen LogP contribution >= 0.6 is 11.3 Å². The number of pyridine rings is 1. The minimum Gasteiger partial charge on any atom is -0.369 e. The van der Waals surface area contributed by atoms with Crippen molar-refractivity contribution in [2.75, 3.05) is 43.4 Å². The molecule has 5 nitrogen and oxygen atoms in total. The maximum atomic E-state index is 4.58. The number of hydrogen-bond donors (Lipinski definition) is 1. The molecule has 0 aliphatic carbocycles. The highest BCUT2D eigenvalue weighted by Crippen LogP contribution is 2.32. The summed E-state index contributed by atoms with van der Waals surface area (Å²) in [6.45, 7) is 4.40. The summed E-state index contributed by atoms with van der Waals surface area (Å²) >= 11 is 1.66. The van der Waals surface area contributed by atoms with Gasteiger partial charge in [-0.3, -0.25) is 4.98 Å². The lowest BCUT2D eigenvalue weighted by Crippen LogP contribution is -2.44. The maximum Gasteiger partial charge on any atom is 0.0832 e. The maximum absolute atomic E-state index is 4.58. The highest BCUT2D eigenvalue weighted by molar-refractivity contribution is 7.16.